The van der Waals surface area contributed by atoms with Gasteiger partial charge in [0, 0.05) is 22.1 Å². The number of carbonyl (C=O) groups excluding carboxylic acids is 1. The van der Waals surface area contributed by atoms with Gasteiger partial charge in [-0.15, -0.1) is 11.3 Å². The van der Waals surface area contributed by atoms with Gasteiger partial charge in [0.25, 0.3) is 0 Å². The van der Waals surface area contributed by atoms with Gasteiger partial charge in [0.05, 0.1) is 17.2 Å². The molecule has 2 aromatic carbocycles. The molecule has 28 heavy (non-hydrogen) atoms. The van der Waals surface area contributed by atoms with Crippen LogP contribution in [0.3, 0.4) is 0 Å². The van der Waals surface area contributed by atoms with Crippen molar-refractivity contribution in [2.45, 2.75) is 13.8 Å². The number of aromatic amines is 1. The standard InChI is InChI=1S/C21H20N4O2S/c1-3-27-21(26)22-15-8-9-16(13(2)10-15)23-20-12-17(24-25-20)19-11-14-6-4-5-7-18(14)28-19/h4-12H,3H2,1-2H3,(H,22,26)(H2,23,24,25). The Balaban J connectivity index is 1.50. The molecular weight excluding hydrogens is 372 g/mol. The van der Waals surface area contributed by atoms with Crippen molar-refractivity contribution in [2.75, 3.05) is 17.2 Å². The van der Waals surface area contributed by atoms with E-state index in [0.717, 1.165) is 27.6 Å². The molecule has 0 atom stereocenters. The molecule has 0 bridgehead atoms. The fourth-order valence-electron chi connectivity index (χ4n) is 2.93. The predicted octanol–water partition coefficient (Wildman–Crippen LogP) is 5.91. The molecule has 0 unspecified atom stereocenters. The molecule has 0 radical (unpaired) electrons. The van der Waals surface area contributed by atoms with E-state index in [4.69, 9.17) is 4.74 Å². The van der Waals surface area contributed by atoms with Crippen LogP contribution in [0.5, 0.6) is 0 Å². The van der Waals surface area contributed by atoms with Gasteiger partial charge in [-0.2, -0.15) is 5.10 Å². The van der Waals surface area contributed by atoms with Crippen molar-refractivity contribution in [2.24, 2.45) is 0 Å². The smallest absolute Gasteiger partial charge is 0.411 e. The third-order valence-corrected chi connectivity index (χ3v) is 5.43. The van der Waals surface area contributed by atoms with Gasteiger partial charge in [-0.1, -0.05) is 18.2 Å². The molecule has 0 aliphatic heterocycles. The number of H-pyrrole nitrogens is 1. The zero-order valence-electron chi connectivity index (χ0n) is 15.6. The van der Waals surface area contributed by atoms with Gasteiger partial charge < -0.3 is 10.1 Å². The molecule has 6 nitrogen and oxygen atoms in total. The molecule has 0 aliphatic carbocycles. The van der Waals surface area contributed by atoms with Crippen LogP contribution in [-0.4, -0.2) is 22.9 Å². The van der Waals surface area contributed by atoms with Gasteiger partial charge in [0.1, 0.15) is 0 Å². The number of aryl methyl sites for hydroxylation is 1. The van der Waals surface area contributed by atoms with Crippen LogP contribution >= 0.6 is 11.3 Å². The lowest BCUT2D eigenvalue weighted by atomic mass is 10.1. The van der Waals surface area contributed by atoms with Crippen LogP contribution in [0, 0.1) is 6.92 Å². The first-order chi connectivity index (χ1) is 13.6. The average Bonchev–Trinajstić information content (AvgIpc) is 3.30. The Morgan fingerprint density at radius 1 is 1.18 bits per heavy atom. The summed E-state index contributed by atoms with van der Waals surface area (Å²) in [5, 5.41) is 14.7. The van der Waals surface area contributed by atoms with E-state index in [0.29, 0.717) is 12.3 Å². The number of carbonyl (C=O) groups is 1. The molecule has 0 saturated carbocycles. The molecule has 0 fully saturated rings. The fraction of sp³-hybridized carbons (Fsp3) is 0.143. The number of anilines is 3. The highest BCUT2D eigenvalue weighted by Gasteiger charge is 2.09. The van der Waals surface area contributed by atoms with E-state index in [1.54, 1.807) is 18.3 Å². The number of nitrogens with one attached hydrogen (secondary N) is 3. The third-order valence-electron chi connectivity index (χ3n) is 4.28. The largest absolute Gasteiger partial charge is 0.450 e. The maximum Gasteiger partial charge on any atom is 0.411 e. The van der Waals surface area contributed by atoms with Gasteiger partial charge in [0.2, 0.25) is 0 Å². The van der Waals surface area contributed by atoms with Crippen LogP contribution in [0.15, 0.2) is 54.6 Å². The van der Waals surface area contributed by atoms with Crippen LogP contribution in [0.25, 0.3) is 20.7 Å². The number of amides is 1. The minimum atomic E-state index is -0.456. The number of hydrogen-bond acceptors (Lipinski definition) is 5. The van der Waals surface area contributed by atoms with Gasteiger partial charge in [-0.05, 0) is 55.1 Å². The number of rotatable bonds is 5. The van der Waals surface area contributed by atoms with Crippen LogP contribution in [0.4, 0.5) is 22.0 Å². The predicted molar refractivity (Wildman–Crippen MR) is 115 cm³/mol. The summed E-state index contributed by atoms with van der Waals surface area (Å²) in [5.74, 6) is 0.738. The van der Waals surface area contributed by atoms with Crippen LogP contribution < -0.4 is 10.6 Å². The first-order valence-electron chi connectivity index (χ1n) is 8.98. The van der Waals surface area contributed by atoms with E-state index < -0.39 is 6.09 Å². The average molecular weight is 392 g/mol. The van der Waals surface area contributed by atoms with Gasteiger partial charge in [-0.25, -0.2) is 4.79 Å². The first kappa shape index (κ1) is 18.1. The summed E-state index contributed by atoms with van der Waals surface area (Å²) >= 11 is 1.73. The second-order valence-corrected chi connectivity index (χ2v) is 7.40. The van der Waals surface area contributed by atoms with Gasteiger partial charge in [-0.3, -0.25) is 10.4 Å². The Kier molecular flexibility index (Phi) is 4.99. The summed E-state index contributed by atoms with van der Waals surface area (Å²) in [6, 6.07) is 18.1. The van der Waals surface area contributed by atoms with Crippen LogP contribution in [-0.2, 0) is 4.74 Å². The SMILES string of the molecule is CCOC(=O)Nc1ccc(Nc2cc(-c3cc4ccccc4s3)[nH]n2)c(C)c1. The first-order valence-corrected chi connectivity index (χ1v) is 9.80. The Morgan fingerprint density at radius 3 is 2.82 bits per heavy atom. The van der Waals surface area contributed by atoms with Crippen LogP contribution in [0.1, 0.15) is 12.5 Å². The highest BCUT2D eigenvalue weighted by Crippen LogP contribution is 2.33. The number of ether oxygens (including phenoxy) is 1. The lowest BCUT2D eigenvalue weighted by Gasteiger charge is -2.10. The zero-order chi connectivity index (χ0) is 19.5. The van der Waals surface area contributed by atoms with Gasteiger partial charge in [0.15, 0.2) is 5.82 Å². The molecule has 0 aliphatic rings. The minimum absolute atomic E-state index is 0.339. The lowest BCUT2D eigenvalue weighted by Crippen LogP contribution is -2.13. The number of nitrogens with zero attached hydrogens (tertiary/aromatic N) is 1. The Bertz CT molecular complexity index is 1100. The number of thiophene rings is 1. The summed E-state index contributed by atoms with van der Waals surface area (Å²) < 4.78 is 6.15. The van der Waals surface area contributed by atoms with Crippen molar-refractivity contribution in [3.8, 4) is 10.6 Å². The van der Waals surface area contributed by atoms with Crippen molar-refractivity contribution in [3.05, 3.63) is 60.2 Å². The van der Waals surface area contributed by atoms with E-state index in [9.17, 15) is 4.79 Å². The Morgan fingerprint density at radius 2 is 2.04 bits per heavy atom. The highest BCUT2D eigenvalue weighted by atomic mass is 32.1. The molecule has 1 amide bonds. The van der Waals surface area contributed by atoms with E-state index in [-0.39, 0.29) is 0 Å². The van der Waals surface area contributed by atoms with Crippen molar-refractivity contribution < 1.29 is 9.53 Å². The van der Waals surface area contributed by atoms with E-state index >= 15 is 0 Å². The summed E-state index contributed by atoms with van der Waals surface area (Å²) in [7, 11) is 0. The lowest BCUT2D eigenvalue weighted by molar-refractivity contribution is 0.168. The molecule has 4 aromatic rings. The minimum Gasteiger partial charge on any atom is -0.450 e. The van der Waals surface area contributed by atoms with Crippen molar-refractivity contribution in [3.63, 3.8) is 0 Å². The molecule has 4 rings (SSSR count). The van der Waals surface area contributed by atoms with Crippen molar-refractivity contribution >= 4 is 44.7 Å². The van der Waals surface area contributed by atoms with Gasteiger partial charge >= 0.3 is 6.09 Å². The monoisotopic (exact) mass is 392 g/mol. The maximum atomic E-state index is 11.5. The number of benzene rings is 2. The highest BCUT2D eigenvalue weighted by molar-refractivity contribution is 7.22. The number of fused-ring (bicyclic) bond motifs is 1. The topological polar surface area (TPSA) is 79.0 Å². The molecular formula is C21H20N4O2S. The fourth-order valence-corrected chi connectivity index (χ4v) is 3.96. The molecule has 0 spiro atoms. The van der Waals surface area contributed by atoms with Crippen LogP contribution in [0.2, 0.25) is 0 Å². The summed E-state index contributed by atoms with van der Waals surface area (Å²) in [6.45, 7) is 4.08. The molecule has 142 valence electrons. The second kappa shape index (κ2) is 7.74. The Hall–Kier alpha value is -3.32. The van der Waals surface area contributed by atoms with Crippen molar-refractivity contribution in [1.29, 1.82) is 0 Å². The zero-order valence-corrected chi connectivity index (χ0v) is 16.4. The number of aromatic nitrogens is 2. The summed E-state index contributed by atoms with van der Waals surface area (Å²) in [6.07, 6.45) is -0.456. The summed E-state index contributed by atoms with van der Waals surface area (Å²) in [5.41, 5.74) is 3.57. The summed E-state index contributed by atoms with van der Waals surface area (Å²) in [4.78, 5) is 12.7. The molecule has 2 aromatic heterocycles. The second-order valence-electron chi connectivity index (χ2n) is 6.32. The quantitative estimate of drug-likeness (QED) is 0.394. The molecule has 3 N–H and O–H groups in total. The maximum absolute atomic E-state index is 11.5. The number of hydrogen-bond donors (Lipinski definition) is 3. The van der Waals surface area contributed by atoms with Crippen molar-refractivity contribution in [1.82, 2.24) is 10.2 Å². The third kappa shape index (κ3) is 3.84. The molecule has 7 heteroatoms. The molecule has 0 saturated heterocycles. The molecule has 2 heterocycles. The van der Waals surface area contributed by atoms with E-state index in [2.05, 4.69) is 39.0 Å². The Labute approximate surface area is 166 Å². The normalized spacial score (nSPS) is 10.8. The van der Waals surface area contributed by atoms with E-state index in [1.165, 1.54) is 10.1 Å². The van der Waals surface area contributed by atoms with E-state index in [1.807, 2.05) is 43.3 Å².